The van der Waals surface area contributed by atoms with Gasteiger partial charge in [-0.1, -0.05) is 30.3 Å². The second-order valence-corrected chi connectivity index (χ2v) is 7.36. The summed E-state index contributed by atoms with van der Waals surface area (Å²) in [6, 6.07) is 13.7. The molecule has 0 aliphatic carbocycles. The number of rotatable bonds is 5. The molecule has 4 aromatic rings. The van der Waals surface area contributed by atoms with Crippen molar-refractivity contribution in [2.24, 2.45) is 0 Å². The monoisotopic (exact) mass is 392 g/mol. The van der Waals surface area contributed by atoms with Gasteiger partial charge in [0.1, 0.15) is 4.83 Å². The minimum Gasteiger partial charge on any atom is -0.493 e. The van der Waals surface area contributed by atoms with Gasteiger partial charge in [0.05, 0.1) is 32.5 Å². The van der Waals surface area contributed by atoms with Crippen LogP contribution in [0.1, 0.15) is 11.1 Å². The van der Waals surface area contributed by atoms with Crippen LogP contribution in [0.4, 0.5) is 0 Å². The molecule has 0 bridgehead atoms. The third kappa shape index (κ3) is 3.16. The first-order valence-corrected chi connectivity index (χ1v) is 9.74. The summed E-state index contributed by atoms with van der Waals surface area (Å²) in [5.74, 6) is 1.28. The van der Waals surface area contributed by atoms with Crippen LogP contribution >= 0.6 is 11.3 Å². The Hall–Kier alpha value is -3.12. The lowest BCUT2D eigenvalue weighted by atomic mass is 10.1. The van der Waals surface area contributed by atoms with Crippen LogP contribution in [0.2, 0.25) is 0 Å². The molecule has 4 rings (SSSR count). The van der Waals surface area contributed by atoms with Crippen molar-refractivity contribution in [3.8, 4) is 22.6 Å². The van der Waals surface area contributed by atoms with Crippen LogP contribution in [0.15, 0.2) is 59.0 Å². The van der Waals surface area contributed by atoms with E-state index in [1.165, 1.54) is 11.3 Å². The fourth-order valence-electron chi connectivity index (χ4n) is 3.27. The van der Waals surface area contributed by atoms with Gasteiger partial charge in [-0.15, -0.1) is 11.3 Å². The SMILES string of the molecule is COc1ccc(-c2csc3ncn(Cc4ccccc4C)c(=O)c23)cc1OC. The lowest BCUT2D eigenvalue weighted by Crippen LogP contribution is -2.21. The van der Waals surface area contributed by atoms with Crippen LogP contribution in [0.25, 0.3) is 21.3 Å². The molecule has 0 radical (unpaired) electrons. The molecule has 0 N–H and O–H groups in total. The van der Waals surface area contributed by atoms with Gasteiger partial charge in [-0.2, -0.15) is 0 Å². The molecule has 0 fully saturated rings. The fourth-order valence-corrected chi connectivity index (χ4v) is 4.17. The van der Waals surface area contributed by atoms with Crippen molar-refractivity contribution in [1.29, 1.82) is 0 Å². The molecule has 0 aliphatic rings. The summed E-state index contributed by atoms with van der Waals surface area (Å²) in [6.07, 6.45) is 1.63. The first kappa shape index (κ1) is 18.3. The molecule has 5 nitrogen and oxygen atoms in total. The normalized spacial score (nSPS) is 11.0. The zero-order valence-electron chi connectivity index (χ0n) is 15.9. The number of ether oxygens (including phenoxy) is 2. The van der Waals surface area contributed by atoms with Crippen molar-refractivity contribution in [3.63, 3.8) is 0 Å². The highest BCUT2D eigenvalue weighted by Crippen LogP contribution is 2.36. The maximum absolute atomic E-state index is 13.3. The molecular weight excluding hydrogens is 372 g/mol. The van der Waals surface area contributed by atoms with E-state index >= 15 is 0 Å². The largest absolute Gasteiger partial charge is 0.493 e. The fraction of sp³-hybridized carbons (Fsp3) is 0.182. The zero-order chi connectivity index (χ0) is 19.7. The van der Waals surface area contributed by atoms with Crippen molar-refractivity contribution in [1.82, 2.24) is 9.55 Å². The average Bonchev–Trinajstić information content (AvgIpc) is 3.16. The quantitative estimate of drug-likeness (QED) is 0.502. The molecule has 0 amide bonds. The molecule has 2 heterocycles. The lowest BCUT2D eigenvalue weighted by molar-refractivity contribution is 0.355. The second kappa shape index (κ2) is 7.48. The molecule has 142 valence electrons. The highest BCUT2D eigenvalue weighted by molar-refractivity contribution is 7.17. The first-order chi connectivity index (χ1) is 13.6. The predicted octanol–water partition coefficient (Wildman–Crippen LogP) is 4.50. The summed E-state index contributed by atoms with van der Waals surface area (Å²) in [4.78, 5) is 18.5. The second-order valence-electron chi connectivity index (χ2n) is 6.50. The smallest absolute Gasteiger partial charge is 0.263 e. The Bertz CT molecular complexity index is 1210. The van der Waals surface area contributed by atoms with Gasteiger partial charge in [-0.05, 0) is 35.7 Å². The van der Waals surface area contributed by atoms with Gasteiger partial charge in [0.2, 0.25) is 0 Å². The summed E-state index contributed by atoms with van der Waals surface area (Å²) >= 11 is 1.47. The maximum atomic E-state index is 13.3. The van der Waals surface area contributed by atoms with E-state index in [4.69, 9.17) is 9.47 Å². The molecule has 28 heavy (non-hydrogen) atoms. The predicted molar refractivity (Wildman–Crippen MR) is 113 cm³/mol. The van der Waals surface area contributed by atoms with Gasteiger partial charge in [-0.25, -0.2) is 4.98 Å². The molecule has 2 aromatic carbocycles. The Morgan fingerprint density at radius 3 is 2.61 bits per heavy atom. The number of hydrogen-bond donors (Lipinski definition) is 0. The highest BCUT2D eigenvalue weighted by atomic mass is 32.1. The van der Waals surface area contributed by atoms with Crippen LogP contribution in [0, 0.1) is 6.92 Å². The van der Waals surface area contributed by atoms with Crippen LogP contribution in [0.3, 0.4) is 0 Å². The molecule has 0 saturated heterocycles. The van der Waals surface area contributed by atoms with Crippen molar-refractivity contribution >= 4 is 21.6 Å². The van der Waals surface area contributed by atoms with Gasteiger partial charge in [0.15, 0.2) is 11.5 Å². The van der Waals surface area contributed by atoms with Gasteiger partial charge in [0.25, 0.3) is 5.56 Å². The first-order valence-electron chi connectivity index (χ1n) is 8.86. The van der Waals surface area contributed by atoms with E-state index < -0.39 is 0 Å². The number of thiophene rings is 1. The van der Waals surface area contributed by atoms with E-state index in [1.54, 1.807) is 25.1 Å². The summed E-state index contributed by atoms with van der Waals surface area (Å²) < 4.78 is 12.4. The van der Waals surface area contributed by atoms with Crippen LogP contribution < -0.4 is 15.0 Å². The van der Waals surface area contributed by atoms with E-state index in [0.29, 0.717) is 23.4 Å². The highest BCUT2D eigenvalue weighted by Gasteiger charge is 2.15. The van der Waals surface area contributed by atoms with E-state index in [1.807, 2.05) is 54.8 Å². The van der Waals surface area contributed by atoms with Crippen LogP contribution in [-0.2, 0) is 6.54 Å². The topological polar surface area (TPSA) is 53.4 Å². The van der Waals surface area contributed by atoms with E-state index in [9.17, 15) is 4.79 Å². The number of methoxy groups -OCH3 is 2. The Kier molecular flexibility index (Phi) is 4.88. The number of fused-ring (bicyclic) bond motifs is 1. The number of benzene rings is 2. The number of aryl methyl sites for hydroxylation is 1. The number of nitrogens with zero attached hydrogens (tertiary/aromatic N) is 2. The molecule has 6 heteroatoms. The van der Waals surface area contributed by atoms with Crippen molar-refractivity contribution in [2.45, 2.75) is 13.5 Å². The molecule has 0 spiro atoms. The summed E-state index contributed by atoms with van der Waals surface area (Å²) in [7, 11) is 3.20. The third-order valence-corrected chi connectivity index (χ3v) is 5.74. The summed E-state index contributed by atoms with van der Waals surface area (Å²) in [5, 5.41) is 2.60. The van der Waals surface area contributed by atoms with Crippen LogP contribution in [-0.4, -0.2) is 23.8 Å². The van der Waals surface area contributed by atoms with E-state index in [2.05, 4.69) is 4.98 Å². The molecule has 0 atom stereocenters. The Labute approximate surface area is 166 Å². The van der Waals surface area contributed by atoms with Crippen molar-refractivity contribution < 1.29 is 9.47 Å². The molecule has 2 aromatic heterocycles. The molecular formula is C22H20N2O3S. The van der Waals surface area contributed by atoms with Gasteiger partial charge in [0, 0.05) is 10.9 Å². The summed E-state index contributed by atoms with van der Waals surface area (Å²) in [5.41, 5.74) is 3.97. The Balaban J connectivity index is 1.83. The van der Waals surface area contributed by atoms with Crippen molar-refractivity contribution in [2.75, 3.05) is 14.2 Å². The lowest BCUT2D eigenvalue weighted by Gasteiger charge is -2.10. The number of aromatic nitrogens is 2. The van der Waals surface area contributed by atoms with E-state index in [0.717, 1.165) is 27.1 Å². The molecule has 0 unspecified atom stereocenters. The van der Waals surface area contributed by atoms with Gasteiger partial charge < -0.3 is 9.47 Å². The standard InChI is InChI=1S/C22H20N2O3S/c1-14-6-4-5-7-16(14)11-24-13-23-21-20(22(24)25)17(12-28-21)15-8-9-18(26-2)19(10-15)27-3/h4-10,12-13H,11H2,1-3H3. The Morgan fingerprint density at radius 1 is 1.07 bits per heavy atom. The van der Waals surface area contributed by atoms with Gasteiger partial charge in [-0.3, -0.25) is 9.36 Å². The van der Waals surface area contributed by atoms with Crippen molar-refractivity contribution in [3.05, 3.63) is 75.7 Å². The Morgan fingerprint density at radius 2 is 1.86 bits per heavy atom. The van der Waals surface area contributed by atoms with Crippen LogP contribution in [0.5, 0.6) is 11.5 Å². The minimum absolute atomic E-state index is 0.0423. The summed E-state index contributed by atoms with van der Waals surface area (Å²) in [6.45, 7) is 2.54. The number of hydrogen-bond acceptors (Lipinski definition) is 5. The molecule has 0 aliphatic heterocycles. The maximum Gasteiger partial charge on any atom is 0.263 e. The zero-order valence-corrected chi connectivity index (χ0v) is 16.7. The third-order valence-electron chi connectivity index (χ3n) is 4.86. The average molecular weight is 392 g/mol. The molecule has 0 saturated carbocycles. The van der Waals surface area contributed by atoms with Gasteiger partial charge >= 0.3 is 0 Å². The minimum atomic E-state index is -0.0423. The van der Waals surface area contributed by atoms with E-state index in [-0.39, 0.29) is 5.56 Å².